The van der Waals surface area contributed by atoms with E-state index in [2.05, 4.69) is 10.1 Å². The van der Waals surface area contributed by atoms with Gasteiger partial charge in [0.1, 0.15) is 5.60 Å². The largest absolute Gasteiger partial charge is 0.391 e. The summed E-state index contributed by atoms with van der Waals surface area (Å²) >= 11 is 1.46. The first-order chi connectivity index (χ1) is 8.58. The van der Waals surface area contributed by atoms with Gasteiger partial charge in [0.25, 0.3) is 5.89 Å². The van der Waals surface area contributed by atoms with Crippen LogP contribution in [0.25, 0.3) is 10.8 Å². The molecule has 1 atom stereocenters. The molecule has 1 unspecified atom stereocenters. The maximum absolute atomic E-state index is 5.78. The summed E-state index contributed by atoms with van der Waals surface area (Å²) in [4.78, 5) is 5.40. The highest BCUT2D eigenvalue weighted by atomic mass is 32.1. The van der Waals surface area contributed by atoms with E-state index in [9.17, 15) is 0 Å². The number of ether oxygens (including phenoxy) is 1. The molecule has 2 aromatic rings. The van der Waals surface area contributed by atoms with E-state index in [-0.39, 0.29) is 0 Å². The fraction of sp³-hybridized carbons (Fsp3) is 0.500. The molecule has 1 saturated heterocycles. The zero-order valence-corrected chi connectivity index (χ0v) is 11.2. The summed E-state index contributed by atoms with van der Waals surface area (Å²) in [5, 5.41) is 4.81. The Hall–Kier alpha value is -1.40. The van der Waals surface area contributed by atoms with Crippen LogP contribution in [0, 0.1) is 6.92 Å². The van der Waals surface area contributed by atoms with Crippen LogP contribution in [0.5, 0.6) is 0 Å². The van der Waals surface area contributed by atoms with Gasteiger partial charge in [0.05, 0.1) is 9.88 Å². The fourth-order valence-corrected chi connectivity index (χ4v) is 3.07. The van der Waals surface area contributed by atoms with Gasteiger partial charge in [0.15, 0.2) is 0 Å². The van der Waals surface area contributed by atoms with Crippen molar-refractivity contribution in [2.24, 2.45) is 0 Å². The summed E-state index contributed by atoms with van der Waals surface area (Å²) in [5.74, 6) is 1.15. The SMILES string of the molecule is Cc1cc(N)sc1-c1nc(C2(C)CCCO2)no1. The summed E-state index contributed by atoms with van der Waals surface area (Å²) in [5.41, 5.74) is 6.43. The van der Waals surface area contributed by atoms with Crippen molar-refractivity contribution >= 4 is 16.3 Å². The first kappa shape index (κ1) is 11.7. The molecule has 0 bridgehead atoms. The molecule has 0 aliphatic carbocycles. The summed E-state index contributed by atoms with van der Waals surface area (Å²) in [7, 11) is 0. The predicted molar refractivity (Wildman–Crippen MR) is 69.3 cm³/mol. The van der Waals surface area contributed by atoms with Crippen LogP contribution in [0.1, 0.15) is 31.2 Å². The van der Waals surface area contributed by atoms with Crippen LogP contribution in [0.2, 0.25) is 0 Å². The number of hydrogen-bond acceptors (Lipinski definition) is 6. The standard InChI is InChI=1S/C12H15N3O2S/c1-7-6-8(13)18-9(7)10-14-11(15-17-10)12(2)4-3-5-16-12/h6H,3-5,13H2,1-2H3. The highest BCUT2D eigenvalue weighted by molar-refractivity contribution is 7.19. The molecule has 0 radical (unpaired) electrons. The maximum Gasteiger partial charge on any atom is 0.268 e. The minimum Gasteiger partial charge on any atom is -0.391 e. The lowest BCUT2D eigenvalue weighted by molar-refractivity contribution is 0.00768. The maximum atomic E-state index is 5.78. The molecule has 3 heterocycles. The second-order valence-corrected chi connectivity index (χ2v) is 5.85. The lowest BCUT2D eigenvalue weighted by atomic mass is 10.0. The van der Waals surface area contributed by atoms with E-state index in [1.807, 2.05) is 19.9 Å². The van der Waals surface area contributed by atoms with Crippen LogP contribution in [-0.4, -0.2) is 16.7 Å². The van der Waals surface area contributed by atoms with Gasteiger partial charge in [-0.1, -0.05) is 5.16 Å². The highest BCUT2D eigenvalue weighted by Gasteiger charge is 2.37. The zero-order chi connectivity index (χ0) is 12.8. The molecule has 0 spiro atoms. The Morgan fingerprint density at radius 3 is 2.94 bits per heavy atom. The number of hydrogen-bond donors (Lipinski definition) is 1. The molecule has 5 nitrogen and oxygen atoms in total. The minimum atomic E-state index is -0.404. The quantitative estimate of drug-likeness (QED) is 0.903. The van der Waals surface area contributed by atoms with Gasteiger partial charge in [-0.25, -0.2) is 0 Å². The Labute approximate surface area is 109 Å². The number of nitrogens with two attached hydrogens (primary N) is 1. The van der Waals surface area contributed by atoms with Crippen molar-refractivity contribution in [3.8, 4) is 10.8 Å². The minimum absolute atomic E-state index is 0.404. The summed E-state index contributed by atoms with van der Waals surface area (Å²) in [6.45, 7) is 4.75. The summed E-state index contributed by atoms with van der Waals surface area (Å²) < 4.78 is 11.0. The predicted octanol–water partition coefficient (Wildman–Crippen LogP) is 2.71. The van der Waals surface area contributed by atoms with Crippen LogP contribution >= 0.6 is 11.3 Å². The molecule has 3 rings (SSSR count). The fourth-order valence-electron chi connectivity index (χ4n) is 2.21. The number of aryl methyl sites for hydroxylation is 1. The van der Waals surface area contributed by atoms with E-state index in [1.165, 1.54) is 11.3 Å². The average molecular weight is 265 g/mol. The van der Waals surface area contributed by atoms with E-state index in [0.29, 0.717) is 11.7 Å². The smallest absolute Gasteiger partial charge is 0.268 e. The van der Waals surface area contributed by atoms with E-state index < -0.39 is 5.60 Å². The van der Waals surface area contributed by atoms with E-state index in [4.69, 9.17) is 15.0 Å². The molecular formula is C12H15N3O2S. The Kier molecular flexibility index (Phi) is 2.64. The van der Waals surface area contributed by atoms with Gasteiger partial charge < -0.3 is 15.0 Å². The second kappa shape index (κ2) is 4.07. The Morgan fingerprint density at radius 2 is 2.33 bits per heavy atom. The number of nitrogen functional groups attached to an aromatic ring is 1. The molecule has 0 saturated carbocycles. The Bertz CT molecular complexity index is 570. The molecule has 18 heavy (non-hydrogen) atoms. The summed E-state index contributed by atoms with van der Waals surface area (Å²) in [6, 6.07) is 1.91. The van der Waals surface area contributed by atoms with Crippen molar-refractivity contribution in [1.82, 2.24) is 10.1 Å². The summed E-state index contributed by atoms with van der Waals surface area (Å²) in [6.07, 6.45) is 1.96. The average Bonchev–Trinajstić information content (AvgIpc) is 2.99. The van der Waals surface area contributed by atoms with Gasteiger partial charge >= 0.3 is 0 Å². The third-order valence-electron chi connectivity index (χ3n) is 3.25. The second-order valence-electron chi connectivity index (χ2n) is 4.77. The number of anilines is 1. The number of aromatic nitrogens is 2. The van der Waals surface area contributed by atoms with Crippen molar-refractivity contribution in [2.75, 3.05) is 12.3 Å². The van der Waals surface area contributed by atoms with Gasteiger partial charge in [0, 0.05) is 6.61 Å². The van der Waals surface area contributed by atoms with Crippen molar-refractivity contribution in [3.05, 3.63) is 17.5 Å². The topological polar surface area (TPSA) is 74.2 Å². The molecule has 96 valence electrons. The van der Waals surface area contributed by atoms with Gasteiger partial charge in [-0.05, 0) is 38.3 Å². The van der Waals surface area contributed by atoms with Crippen LogP contribution in [-0.2, 0) is 10.3 Å². The van der Waals surface area contributed by atoms with Gasteiger partial charge in [-0.3, -0.25) is 0 Å². The normalized spacial score (nSPS) is 23.7. The van der Waals surface area contributed by atoms with Crippen molar-refractivity contribution in [3.63, 3.8) is 0 Å². The third-order valence-corrected chi connectivity index (χ3v) is 4.30. The van der Waals surface area contributed by atoms with E-state index in [1.54, 1.807) is 0 Å². The highest BCUT2D eigenvalue weighted by Crippen LogP contribution is 2.37. The Balaban J connectivity index is 1.96. The van der Waals surface area contributed by atoms with Crippen molar-refractivity contribution in [2.45, 2.75) is 32.3 Å². The van der Waals surface area contributed by atoms with Gasteiger partial charge in [-0.15, -0.1) is 11.3 Å². The van der Waals surface area contributed by atoms with Gasteiger partial charge in [0.2, 0.25) is 5.82 Å². The van der Waals surface area contributed by atoms with Crippen LogP contribution < -0.4 is 5.73 Å². The zero-order valence-electron chi connectivity index (χ0n) is 10.4. The molecule has 0 amide bonds. The van der Waals surface area contributed by atoms with Crippen molar-refractivity contribution < 1.29 is 9.26 Å². The molecule has 1 aliphatic rings. The molecule has 6 heteroatoms. The lowest BCUT2D eigenvalue weighted by Crippen LogP contribution is -2.21. The third kappa shape index (κ3) is 1.81. The van der Waals surface area contributed by atoms with E-state index >= 15 is 0 Å². The number of thiophene rings is 1. The molecular weight excluding hydrogens is 250 g/mol. The van der Waals surface area contributed by atoms with Gasteiger partial charge in [-0.2, -0.15) is 4.98 Å². The first-order valence-electron chi connectivity index (χ1n) is 5.93. The molecule has 0 aromatic carbocycles. The number of nitrogens with zero attached hydrogens (tertiary/aromatic N) is 2. The lowest BCUT2D eigenvalue weighted by Gasteiger charge is -2.17. The van der Waals surface area contributed by atoms with Crippen molar-refractivity contribution in [1.29, 1.82) is 0 Å². The molecule has 2 aromatic heterocycles. The number of rotatable bonds is 2. The van der Waals surface area contributed by atoms with E-state index in [0.717, 1.165) is 34.9 Å². The molecule has 1 fully saturated rings. The van der Waals surface area contributed by atoms with Crippen LogP contribution in [0.15, 0.2) is 10.6 Å². The van der Waals surface area contributed by atoms with Crippen LogP contribution in [0.3, 0.4) is 0 Å². The molecule has 1 aliphatic heterocycles. The monoisotopic (exact) mass is 265 g/mol. The molecule has 2 N–H and O–H groups in total. The van der Waals surface area contributed by atoms with Crippen LogP contribution in [0.4, 0.5) is 5.00 Å². The first-order valence-corrected chi connectivity index (χ1v) is 6.74. The Morgan fingerprint density at radius 1 is 1.50 bits per heavy atom.